The summed E-state index contributed by atoms with van der Waals surface area (Å²) in [6, 6.07) is 4.75. The number of rotatable bonds is 3. The Morgan fingerprint density at radius 3 is 2.57 bits per heavy atom. The molecule has 0 aliphatic rings. The standard InChI is InChI=1S/C10H14ClNO2/c1-6(12)10(13)7-3-8(11)5-9(4-7)14-2/h3-6,10,13H,12H2,1-2H3/t6-,10-/m0/s1. The molecule has 0 amide bonds. The number of aliphatic hydroxyl groups is 1. The minimum atomic E-state index is -0.720. The van der Waals surface area contributed by atoms with E-state index in [1.54, 1.807) is 32.2 Å². The van der Waals surface area contributed by atoms with Gasteiger partial charge in [-0.2, -0.15) is 0 Å². The molecule has 14 heavy (non-hydrogen) atoms. The third-order valence-electron chi connectivity index (χ3n) is 1.97. The number of benzene rings is 1. The third kappa shape index (κ3) is 2.61. The predicted molar refractivity (Wildman–Crippen MR) is 56.6 cm³/mol. The van der Waals surface area contributed by atoms with Crippen LogP contribution >= 0.6 is 11.6 Å². The van der Waals surface area contributed by atoms with Gasteiger partial charge in [-0.15, -0.1) is 0 Å². The highest BCUT2D eigenvalue weighted by molar-refractivity contribution is 6.30. The van der Waals surface area contributed by atoms with Crippen molar-refractivity contribution in [2.45, 2.75) is 19.1 Å². The lowest BCUT2D eigenvalue weighted by Gasteiger charge is -2.15. The molecule has 0 saturated carbocycles. The molecule has 3 nitrogen and oxygen atoms in total. The van der Waals surface area contributed by atoms with Crippen LogP contribution in [0.15, 0.2) is 18.2 Å². The summed E-state index contributed by atoms with van der Waals surface area (Å²) in [5, 5.41) is 10.2. The van der Waals surface area contributed by atoms with Crippen molar-refractivity contribution in [3.8, 4) is 5.75 Å². The molecule has 0 bridgehead atoms. The smallest absolute Gasteiger partial charge is 0.120 e. The van der Waals surface area contributed by atoms with Gasteiger partial charge in [0, 0.05) is 11.1 Å². The van der Waals surface area contributed by atoms with E-state index in [-0.39, 0.29) is 6.04 Å². The van der Waals surface area contributed by atoms with Crippen LogP contribution < -0.4 is 10.5 Å². The molecule has 0 aromatic heterocycles. The van der Waals surface area contributed by atoms with Gasteiger partial charge in [-0.1, -0.05) is 11.6 Å². The van der Waals surface area contributed by atoms with E-state index in [0.29, 0.717) is 16.3 Å². The van der Waals surface area contributed by atoms with Gasteiger partial charge in [-0.25, -0.2) is 0 Å². The van der Waals surface area contributed by atoms with Crippen molar-refractivity contribution in [3.63, 3.8) is 0 Å². The highest BCUT2D eigenvalue weighted by Crippen LogP contribution is 2.25. The van der Waals surface area contributed by atoms with Gasteiger partial charge in [0.15, 0.2) is 0 Å². The van der Waals surface area contributed by atoms with Crippen molar-refractivity contribution in [2.24, 2.45) is 5.73 Å². The van der Waals surface area contributed by atoms with E-state index in [2.05, 4.69) is 0 Å². The van der Waals surface area contributed by atoms with E-state index in [0.717, 1.165) is 0 Å². The Kier molecular flexibility index (Phi) is 3.75. The molecule has 0 saturated heterocycles. The SMILES string of the molecule is COc1cc(Cl)cc([C@@H](O)[C@H](C)N)c1. The van der Waals surface area contributed by atoms with Gasteiger partial charge in [-0.3, -0.25) is 0 Å². The largest absolute Gasteiger partial charge is 0.497 e. The highest BCUT2D eigenvalue weighted by atomic mass is 35.5. The van der Waals surface area contributed by atoms with Crippen molar-refractivity contribution in [1.29, 1.82) is 0 Å². The number of halogens is 1. The molecule has 1 aromatic rings. The number of ether oxygens (including phenoxy) is 1. The first-order chi connectivity index (χ1) is 6.54. The molecule has 0 aliphatic carbocycles. The second-order valence-corrected chi connectivity index (χ2v) is 3.66. The number of aliphatic hydroxyl groups excluding tert-OH is 1. The Balaban J connectivity index is 3.02. The topological polar surface area (TPSA) is 55.5 Å². The van der Waals surface area contributed by atoms with Crippen molar-refractivity contribution >= 4 is 11.6 Å². The Morgan fingerprint density at radius 2 is 2.07 bits per heavy atom. The second-order valence-electron chi connectivity index (χ2n) is 3.23. The molecule has 0 aliphatic heterocycles. The Morgan fingerprint density at radius 1 is 1.43 bits per heavy atom. The summed E-state index contributed by atoms with van der Waals surface area (Å²) >= 11 is 5.85. The molecule has 0 unspecified atom stereocenters. The number of nitrogens with two attached hydrogens (primary N) is 1. The normalized spacial score (nSPS) is 14.9. The fourth-order valence-electron chi connectivity index (χ4n) is 1.18. The first-order valence-electron chi connectivity index (χ1n) is 4.32. The number of hydrogen-bond donors (Lipinski definition) is 2. The van der Waals surface area contributed by atoms with Crippen LogP contribution in [0.25, 0.3) is 0 Å². The van der Waals surface area contributed by atoms with Gasteiger partial charge in [0.05, 0.1) is 13.2 Å². The molecular weight excluding hydrogens is 202 g/mol. The van der Waals surface area contributed by atoms with Crippen LogP contribution in [0.3, 0.4) is 0 Å². The highest BCUT2D eigenvalue weighted by Gasteiger charge is 2.13. The fourth-order valence-corrected chi connectivity index (χ4v) is 1.41. The molecule has 4 heteroatoms. The summed E-state index contributed by atoms with van der Waals surface area (Å²) in [6.07, 6.45) is -0.720. The molecule has 0 spiro atoms. The molecule has 0 heterocycles. The molecule has 0 fully saturated rings. The summed E-state index contributed by atoms with van der Waals surface area (Å²) < 4.78 is 5.03. The van der Waals surface area contributed by atoms with Crippen LogP contribution in [0.2, 0.25) is 5.02 Å². The minimum absolute atomic E-state index is 0.335. The first kappa shape index (κ1) is 11.3. The molecule has 3 N–H and O–H groups in total. The second kappa shape index (κ2) is 4.64. The summed E-state index contributed by atoms with van der Waals surface area (Å²) in [6.45, 7) is 1.73. The summed E-state index contributed by atoms with van der Waals surface area (Å²) in [4.78, 5) is 0. The monoisotopic (exact) mass is 215 g/mol. The quantitative estimate of drug-likeness (QED) is 0.808. The lowest BCUT2D eigenvalue weighted by molar-refractivity contribution is 0.153. The maximum atomic E-state index is 9.70. The van der Waals surface area contributed by atoms with Crippen molar-refractivity contribution < 1.29 is 9.84 Å². The zero-order chi connectivity index (χ0) is 10.7. The zero-order valence-corrected chi connectivity index (χ0v) is 8.95. The van der Waals surface area contributed by atoms with Gasteiger partial charge in [0.1, 0.15) is 5.75 Å². The Labute approximate surface area is 88.4 Å². The lowest BCUT2D eigenvalue weighted by Crippen LogP contribution is -2.24. The van der Waals surface area contributed by atoms with Gasteiger partial charge >= 0.3 is 0 Å². The van der Waals surface area contributed by atoms with Gasteiger partial charge in [-0.05, 0) is 30.7 Å². The van der Waals surface area contributed by atoms with E-state index in [4.69, 9.17) is 22.1 Å². The van der Waals surface area contributed by atoms with Gasteiger partial charge < -0.3 is 15.6 Å². The van der Waals surface area contributed by atoms with Crippen LogP contribution in [0.4, 0.5) is 0 Å². The Bertz CT molecular complexity index is 315. The number of hydrogen-bond acceptors (Lipinski definition) is 3. The number of methoxy groups -OCH3 is 1. The van der Waals surface area contributed by atoms with Crippen molar-refractivity contribution in [1.82, 2.24) is 0 Å². The van der Waals surface area contributed by atoms with Crippen molar-refractivity contribution in [3.05, 3.63) is 28.8 Å². The first-order valence-corrected chi connectivity index (χ1v) is 4.70. The van der Waals surface area contributed by atoms with Crippen LogP contribution in [-0.2, 0) is 0 Å². The average molecular weight is 216 g/mol. The average Bonchev–Trinajstić information content (AvgIpc) is 2.15. The fraction of sp³-hybridized carbons (Fsp3) is 0.400. The summed E-state index contributed by atoms with van der Waals surface area (Å²) in [5.74, 6) is 0.618. The molecule has 78 valence electrons. The van der Waals surface area contributed by atoms with E-state index in [1.807, 2.05) is 0 Å². The third-order valence-corrected chi connectivity index (χ3v) is 2.19. The van der Waals surface area contributed by atoms with Crippen LogP contribution in [-0.4, -0.2) is 18.3 Å². The maximum absolute atomic E-state index is 9.70. The van der Waals surface area contributed by atoms with E-state index in [1.165, 1.54) is 0 Å². The van der Waals surface area contributed by atoms with Gasteiger partial charge in [0.2, 0.25) is 0 Å². The van der Waals surface area contributed by atoms with Gasteiger partial charge in [0.25, 0.3) is 0 Å². The molecule has 1 aromatic carbocycles. The minimum Gasteiger partial charge on any atom is -0.497 e. The molecule has 2 atom stereocenters. The summed E-state index contributed by atoms with van der Waals surface area (Å²) in [7, 11) is 1.55. The van der Waals surface area contributed by atoms with Crippen LogP contribution in [0.1, 0.15) is 18.6 Å². The van der Waals surface area contributed by atoms with Crippen LogP contribution in [0.5, 0.6) is 5.75 Å². The molecule has 0 radical (unpaired) electrons. The Hall–Kier alpha value is -0.770. The van der Waals surface area contributed by atoms with Crippen molar-refractivity contribution in [2.75, 3.05) is 7.11 Å². The maximum Gasteiger partial charge on any atom is 0.120 e. The van der Waals surface area contributed by atoms with E-state index in [9.17, 15) is 5.11 Å². The molecular formula is C10H14ClNO2. The summed E-state index contributed by atoms with van der Waals surface area (Å²) in [5.41, 5.74) is 6.25. The zero-order valence-electron chi connectivity index (χ0n) is 8.20. The predicted octanol–water partition coefficient (Wildman–Crippen LogP) is 1.73. The van der Waals surface area contributed by atoms with Crippen LogP contribution in [0, 0.1) is 0 Å². The molecule has 1 rings (SSSR count). The lowest BCUT2D eigenvalue weighted by atomic mass is 10.0. The van der Waals surface area contributed by atoms with E-state index < -0.39 is 6.10 Å². The van der Waals surface area contributed by atoms with E-state index >= 15 is 0 Å².